The van der Waals surface area contributed by atoms with Gasteiger partial charge in [0.2, 0.25) is 0 Å². The number of allylic oxidation sites excluding steroid dienone is 2. The molecule has 3 saturated heterocycles. The maximum Gasteiger partial charge on any atom is 0.181 e. The first kappa shape index (κ1) is 6.89. The summed E-state index contributed by atoms with van der Waals surface area (Å²) >= 11 is 0. The van der Waals surface area contributed by atoms with Gasteiger partial charge in [0.25, 0.3) is 0 Å². The first-order chi connectivity index (χ1) is 5.33. The Balaban J connectivity index is 2.30. The van der Waals surface area contributed by atoms with Gasteiger partial charge in [-0.05, 0) is 19.8 Å². The summed E-state index contributed by atoms with van der Waals surface area (Å²) in [7, 11) is 0. The molecule has 0 spiro atoms. The molecule has 0 atom stereocenters. The minimum Gasteiger partial charge on any atom is -0.369 e. The van der Waals surface area contributed by atoms with Gasteiger partial charge in [-0.1, -0.05) is 6.08 Å². The second kappa shape index (κ2) is 2.36. The van der Waals surface area contributed by atoms with Crippen molar-refractivity contribution < 1.29 is 4.79 Å². The van der Waals surface area contributed by atoms with Crippen LogP contribution in [0.3, 0.4) is 0 Å². The third kappa shape index (κ3) is 0.889. The summed E-state index contributed by atoms with van der Waals surface area (Å²) in [5.41, 5.74) is 0.965. The van der Waals surface area contributed by atoms with Crippen molar-refractivity contribution in [1.82, 2.24) is 4.90 Å². The smallest absolute Gasteiger partial charge is 0.181 e. The first-order valence-corrected chi connectivity index (χ1v) is 4.28. The van der Waals surface area contributed by atoms with E-state index in [0.717, 1.165) is 31.6 Å². The van der Waals surface area contributed by atoms with Crippen LogP contribution in [-0.2, 0) is 4.79 Å². The number of nitrogens with zero attached hydrogens (tertiary/aromatic N) is 1. The van der Waals surface area contributed by atoms with Crippen molar-refractivity contribution in [3.05, 3.63) is 11.8 Å². The number of fused-ring (bicyclic) bond motifs is 3. The van der Waals surface area contributed by atoms with Crippen molar-refractivity contribution in [3.8, 4) is 0 Å². The molecule has 2 nitrogen and oxygen atoms in total. The van der Waals surface area contributed by atoms with Gasteiger partial charge in [-0.15, -0.1) is 0 Å². The molecule has 0 aromatic rings. The quantitative estimate of drug-likeness (QED) is 0.485. The predicted octanol–water partition coefficient (Wildman–Crippen LogP) is 1.18. The van der Waals surface area contributed by atoms with Crippen LogP contribution in [0.1, 0.15) is 19.8 Å². The van der Waals surface area contributed by atoms with Gasteiger partial charge in [0.05, 0.1) is 5.70 Å². The topological polar surface area (TPSA) is 20.3 Å². The zero-order chi connectivity index (χ0) is 7.84. The van der Waals surface area contributed by atoms with Gasteiger partial charge < -0.3 is 4.90 Å². The number of ketones is 1. The van der Waals surface area contributed by atoms with Crippen molar-refractivity contribution in [2.24, 2.45) is 5.92 Å². The summed E-state index contributed by atoms with van der Waals surface area (Å²) in [6.45, 7) is 4.14. The number of piperidine rings is 3. The Hall–Kier alpha value is -0.790. The molecule has 3 rings (SSSR count). The molecule has 11 heavy (non-hydrogen) atoms. The Labute approximate surface area is 66.9 Å². The van der Waals surface area contributed by atoms with Gasteiger partial charge in [0, 0.05) is 19.0 Å². The van der Waals surface area contributed by atoms with Crippen LogP contribution in [0.25, 0.3) is 0 Å². The van der Waals surface area contributed by atoms with Crippen molar-refractivity contribution >= 4 is 5.78 Å². The average molecular weight is 151 g/mol. The third-order valence-corrected chi connectivity index (χ3v) is 2.73. The fourth-order valence-electron chi connectivity index (χ4n) is 2.07. The molecule has 0 saturated carbocycles. The number of hydrogen-bond acceptors (Lipinski definition) is 2. The summed E-state index contributed by atoms with van der Waals surface area (Å²) in [4.78, 5) is 13.7. The van der Waals surface area contributed by atoms with E-state index in [9.17, 15) is 4.79 Å². The molecular formula is C9H13NO. The number of carbonyl (C=O) groups is 1. The number of hydrogen-bond donors (Lipinski definition) is 0. The highest BCUT2D eigenvalue weighted by atomic mass is 16.1. The van der Waals surface area contributed by atoms with E-state index in [1.54, 1.807) is 0 Å². The Morgan fingerprint density at radius 1 is 1.45 bits per heavy atom. The van der Waals surface area contributed by atoms with E-state index in [4.69, 9.17) is 0 Å². The van der Waals surface area contributed by atoms with E-state index < -0.39 is 0 Å². The minimum absolute atomic E-state index is 0.353. The lowest BCUT2D eigenvalue weighted by atomic mass is 9.85. The molecule has 0 aliphatic carbocycles. The van der Waals surface area contributed by atoms with Gasteiger partial charge in [-0.3, -0.25) is 4.79 Å². The van der Waals surface area contributed by atoms with E-state index >= 15 is 0 Å². The summed E-state index contributed by atoms with van der Waals surface area (Å²) in [5.74, 6) is 0.733. The number of carbonyl (C=O) groups excluding carboxylic acids is 1. The van der Waals surface area contributed by atoms with Crippen molar-refractivity contribution in [2.75, 3.05) is 13.1 Å². The fraction of sp³-hybridized carbons (Fsp3) is 0.667. The van der Waals surface area contributed by atoms with Crippen molar-refractivity contribution in [2.45, 2.75) is 19.8 Å². The van der Waals surface area contributed by atoms with Crippen LogP contribution in [0.5, 0.6) is 0 Å². The van der Waals surface area contributed by atoms with Crippen LogP contribution in [-0.4, -0.2) is 23.8 Å². The van der Waals surface area contributed by atoms with E-state index in [-0.39, 0.29) is 0 Å². The Bertz CT molecular complexity index is 212. The third-order valence-electron chi connectivity index (χ3n) is 2.73. The molecule has 0 amide bonds. The molecule has 2 heteroatoms. The first-order valence-electron chi connectivity index (χ1n) is 4.28. The normalized spacial score (nSPS) is 28.6. The highest BCUT2D eigenvalue weighted by molar-refractivity contribution is 5.98. The zero-order valence-corrected chi connectivity index (χ0v) is 6.84. The average Bonchev–Trinajstić information content (AvgIpc) is 2.06. The van der Waals surface area contributed by atoms with Crippen molar-refractivity contribution in [1.29, 1.82) is 0 Å². The lowest BCUT2D eigenvalue weighted by molar-refractivity contribution is -0.125. The largest absolute Gasteiger partial charge is 0.369 e. The zero-order valence-electron chi connectivity index (χ0n) is 6.84. The van der Waals surface area contributed by atoms with Crippen LogP contribution in [0.4, 0.5) is 0 Å². The predicted molar refractivity (Wildman–Crippen MR) is 43.1 cm³/mol. The van der Waals surface area contributed by atoms with Crippen molar-refractivity contribution in [3.63, 3.8) is 0 Å². The molecule has 3 aliphatic heterocycles. The summed E-state index contributed by atoms with van der Waals surface area (Å²) in [5, 5.41) is 0. The van der Waals surface area contributed by atoms with Gasteiger partial charge in [0.1, 0.15) is 0 Å². The molecule has 0 aromatic heterocycles. The molecule has 0 radical (unpaired) electrons. The van der Waals surface area contributed by atoms with Crippen LogP contribution >= 0.6 is 0 Å². The Kier molecular flexibility index (Phi) is 1.48. The van der Waals surface area contributed by atoms with E-state index in [1.165, 1.54) is 0 Å². The van der Waals surface area contributed by atoms with Gasteiger partial charge >= 0.3 is 0 Å². The fourth-order valence-corrected chi connectivity index (χ4v) is 2.07. The summed E-state index contributed by atoms with van der Waals surface area (Å²) in [6.07, 6.45) is 4.11. The van der Waals surface area contributed by atoms with E-state index in [1.807, 2.05) is 13.0 Å². The highest BCUT2D eigenvalue weighted by Crippen LogP contribution is 2.30. The minimum atomic E-state index is 0.353. The summed E-state index contributed by atoms with van der Waals surface area (Å²) < 4.78 is 0. The monoisotopic (exact) mass is 151 g/mol. The lowest BCUT2D eigenvalue weighted by Crippen LogP contribution is -2.45. The second-order valence-electron chi connectivity index (χ2n) is 3.30. The maximum absolute atomic E-state index is 11.5. The second-order valence-corrected chi connectivity index (χ2v) is 3.30. The van der Waals surface area contributed by atoms with Gasteiger partial charge in [-0.2, -0.15) is 0 Å². The van der Waals surface area contributed by atoms with Gasteiger partial charge in [-0.25, -0.2) is 0 Å². The van der Waals surface area contributed by atoms with Crippen LogP contribution in [0.2, 0.25) is 0 Å². The Morgan fingerprint density at radius 3 is 2.45 bits per heavy atom. The van der Waals surface area contributed by atoms with Gasteiger partial charge in [0.15, 0.2) is 5.78 Å². The van der Waals surface area contributed by atoms with Crippen LogP contribution < -0.4 is 0 Å². The molecular weight excluding hydrogens is 138 g/mol. The van der Waals surface area contributed by atoms with E-state index in [0.29, 0.717) is 11.7 Å². The van der Waals surface area contributed by atoms with E-state index in [2.05, 4.69) is 4.90 Å². The lowest BCUT2D eigenvalue weighted by Gasteiger charge is -2.40. The maximum atomic E-state index is 11.5. The van der Waals surface area contributed by atoms with Crippen LogP contribution in [0, 0.1) is 5.92 Å². The number of rotatable bonds is 0. The summed E-state index contributed by atoms with van der Waals surface area (Å²) in [6, 6.07) is 0. The molecule has 60 valence electrons. The molecule has 0 N–H and O–H groups in total. The molecule has 0 aromatic carbocycles. The highest BCUT2D eigenvalue weighted by Gasteiger charge is 2.35. The number of Topliss-reactive ketones (excluding diaryl/α,β-unsaturated/α-hetero) is 1. The molecule has 0 unspecified atom stereocenters. The molecule has 3 aliphatic rings. The SMILES string of the molecule is C/C=C1\C(=O)C2CCN1CC2. The standard InChI is InChI=1S/C9H13NO/c1-2-8-9(11)7-3-5-10(8)6-4-7/h2,7H,3-6H2,1H3/b8-2+. The molecule has 2 bridgehead atoms. The Morgan fingerprint density at radius 2 is 2.09 bits per heavy atom. The molecule has 3 heterocycles. The van der Waals surface area contributed by atoms with Crippen LogP contribution in [0.15, 0.2) is 11.8 Å². The molecule has 3 fully saturated rings.